The summed E-state index contributed by atoms with van der Waals surface area (Å²) in [4.78, 5) is 1.97. The van der Waals surface area contributed by atoms with Crippen molar-refractivity contribution in [2.45, 2.75) is 25.0 Å². The number of β-amino-alcohol motifs (C(OH)–C–C–N with tert-alkyl or cyclic N) is 1. The van der Waals surface area contributed by atoms with Crippen LogP contribution in [-0.4, -0.2) is 47.0 Å². The van der Waals surface area contributed by atoms with E-state index < -0.39 is 0 Å². The molecule has 0 spiro atoms. The molecule has 1 rings (SSSR count). The van der Waals surface area contributed by atoms with Gasteiger partial charge in [0.05, 0.1) is 18.8 Å². The van der Waals surface area contributed by atoms with Gasteiger partial charge in [0, 0.05) is 25.6 Å². The Hall–Kier alpha value is -0.630. The van der Waals surface area contributed by atoms with E-state index in [0.717, 1.165) is 0 Å². The minimum atomic E-state index is -0.333. The summed E-state index contributed by atoms with van der Waals surface area (Å²) in [6.45, 7) is 1.31. The molecule has 1 saturated heterocycles. The van der Waals surface area contributed by atoms with Crippen LogP contribution in [0.15, 0.2) is 0 Å². The standard InChI is InChI=1S/C8H14N2O2/c9-2-1-3-10-5-8(12)4-7(10)6-11/h7-8,11-12H,1,3-6H2/t7-,8+/m0/s1. The first-order chi connectivity index (χ1) is 5.77. The van der Waals surface area contributed by atoms with Crippen LogP contribution in [0.5, 0.6) is 0 Å². The highest BCUT2D eigenvalue weighted by atomic mass is 16.3. The van der Waals surface area contributed by atoms with Crippen LogP contribution in [-0.2, 0) is 0 Å². The van der Waals surface area contributed by atoms with Gasteiger partial charge in [0.1, 0.15) is 0 Å². The van der Waals surface area contributed by atoms with Crippen molar-refractivity contribution in [3.05, 3.63) is 0 Å². The summed E-state index contributed by atoms with van der Waals surface area (Å²) < 4.78 is 0. The zero-order chi connectivity index (χ0) is 8.97. The van der Waals surface area contributed by atoms with Crippen LogP contribution in [0.25, 0.3) is 0 Å². The molecule has 1 aliphatic rings. The van der Waals surface area contributed by atoms with Gasteiger partial charge in [-0.05, 0) is 6.42 Å². The minimum absolute atomic E-state index is 0.0494. The van der Waals surface area contributed by atoms with Crippen molar-refractivity contribution in [2.24, 2.45) is 0 Å². The normalized spacial score (nSPS) is 30.4. The third-order valence-electron chi connectivity index (χ3n) is 2.23. The van der Waals surface area contributed by atoms with Gasteiger partial charge in [-0.15, -0.1) is 0 Å². The van der Waals surface area contributed by atoms with Crippen LogP contribution in [0.3, 0.4) is 0 Å². The molecule has 0 aromatic heterocycles. The van der Waals surface area contributed by atoms with Crippen molar-refractivity contribution in [3.63, 3.8) is 0 Å². The fourth-order valence-electron chi connectivity index (χ4n) is 1.61. The van der Waals surface area contributed by atoms with Gasteiger partial charge in [0.25, 0.3) is 0 Å². The molecule has 1 aliphatic heterocycles. The van der Waals surface area contributed by atoms with Gasteiger partial charge in [-0.1, -0.05) is 0 Å². The van der Waals surface area contributed by atoms with Crippen molar-refractivity contribution in [2.75, 3.05) is 19.7 Å². The summed E-state index contributed by atoms with van der Waals surface area (Å²) in [5.41, 5.74) is 0. The van der Waals surface area contributed by atoms with Crippen LogP contribution in [0.1, 0.15) is 12.8 Å². The Morgan fingerprint density at radius 1 is 1.58 bits per heavy atom. The molecule has 2 atom stereocenters. The highest BCUT2D eigenvalue weighted by Gasteiger charge is 2.29. The molecule has 68 valence electrons. The molecule has 4 heteroatoms. The molecule has 0 aromatic carbocycles. The van der Waals surface area contributed by atoms with Crippen molar-refractivity contribution in [1.82, 2.24) is 4.90 Å². The fourth-order valence-corrected chi connectivity index (χ4v) is 1.61. The lowest BCUT2D eigenvalue weighted by atomic mass is 10.2. The van der Waals surface area contributed by atoms with Gasteiger partial charge in [-0.2, -0.15) is 5.26 Å². The topological polar surface area (TPSA) is 67.5 Å². The van der Waals surface area contributed by atoms with Crippen molar-refractivity contribution in [1.29, 1.82) is 5.26 Å². The number of hydrogen-bond acceptors (Lipinski definition) is 4. The number of aliphatic hydroxyl groups excluding tert-OH is 2. The first kappa shape index (κ1) is 9.46. The average molecular weight is 170 g/mol. The number of aliphatic hydroxyl groups is 2. The van der Waals surface area contributed by atoms with Gasteiger partial charge in [-0.25, -0.2) is 0 Å². The van der Waals surface area contributed by atoms with Crippen molar-refractivity contribution >= 4 is 0 Å². The van der Waals surface area contributed by atoms with Crippen molar-refractivity contribution in [3.8, 4) is 6.07 Å². The predicted molar refractivity (Wildman–Crippen MR) is 43.3 cm³/mol. The Bertz CT molecular complexity index is 178. The summed E-state index contributed by atoms with van der Waals surface area (Å²) in [5.74, 6) is 0. The van der Waals surface area contributed by atoms with Crippen LogP contribution in [0, 0.1) is 11.3 Å². The molecule has 0 aliphatic carbocycles. The van der Waals surface area contributed by atoms with Gasteiger partial charge in [0.15, 0.2) is 0 Å². The van der Waals surface area contributed by atoms with Gasteiger partial charge in [-0.3, -0.25) is 4.90 Å². The van der Waals surface area contributed by atoms with Gasteiger partial charge < -0.3 is 10.2 Å². The van der Waals surface area contributed by atoms with E-state index >= 15 is 0 Å². The fraction of sp³-hybridized carbons (Fsp3) is 0.875. The Balaban J connectivity index is 2.36. The highest BCUT2D eigenvalue weighted by molar-refractivity contribution is 4.86. The lowest BCUT2D eigenvalue weighted by Gasteiger charge is -2.20. The lowest BCUT2D eigenvalue weighted by Crippen LogP contribution is -2.33. The van der Waals surface area contributed by atoms with E-state index in [2.05, 4.69) is 0 Å². The number of hydrogen-bond donors (Lipinski definition) is 2. The second kappa shape index (κ2) is 4.41. The zero-order valence-electron chi connectivity index (χ0n) is 6.98. The highest BCUT2D eigenvalue weighted by Crippen LogP contribution is 2.16. The SMILES string of the molecule is N#CCCN1C[C@H](O)C[C@H]1CO. The molecular formula is C8H14N2O2. The van der Waals surface area contributed by atoms with Gasteiger partial charge >= 0.3 is 0 Å². The van der Waals surface area contributed by atoms with Crippen LogP contribution in [0.2, 0.25) is 0 Å². The molecule has 0 saturated carbocycles. The van der Waals surface area contributed by atoms with E-state index in [1.54, 1.807) is 0 Å². The number of nitrogens with zero attached hydrogens (tertiary/aromatic N) is 2. The lowest BCUT2D eigenvalue weighted by molar-refractivity contribution is 0.158. The van der Waals surface area contributed by atoms with E-state index in [1.807, 2.05) is 11.0 Å². The maximum atomic E-state index is 9.26. The van der Waals surface area contributed by atoms with Gasteiger partial charge in [0.2, 0.25) is 0 Å². The molecule has 0 aromatic rings. The van der Waals surface area contributed by atoms with E-state index in [-0.39, 0.29) is 18.8 Å². The monoisotopic (exact) mass is 170 g/mol. The van der Waals surface area contributed by atoms with Crippen LogP contribution in [0.4, 0.5) is 0 Å². The second-order valence-electron chi connectivity index (χ2n) is 3.13. The average Bonchev–Trinajstić information content (AvgIpc) is 2.42. The molecular weight excluding hydrogens is 156 g/mol. The Morgan fingerprint density at radius 2 is 2.33 bits per heavy atom. The molecule has 0 unspecified atom stereocenters. The summed E-state index contributed by atoms with van der Waals surface area (Å²) in [6, 6.07) is 2.10. The Kier molecular flexibility index (Phi) is 3.48. The van der Waals surface area contributed by atoms with Crippen LogP contribution < -0.4 is 0 Å². The van der Waals surface area contributed by atoms with E-state index in [1.165, 1.54) is 0 Å². The number of likely N-dealkylation sites (tertiary alicyclic amines) is 1. The first-order valence-corrected chi connectivity index (χ1v) is 4.18. The largest absolute Gasteiger partial charge is 0.395 e. The summed E-state index contributed by atoms with van der Waals surface area (Å²) >= 11 is 0. The van der Waals surface area contributed by atoms with E-state index in [9.17, 15) is 5.11 Å². The van der Waals surface area contributed by atoms with Crippen LogP contribution >= 0.6 is 0 Å². The number of nitriles is 1. The summed E-state index contributed by atoms with van der Waals surface area (Å²) in [6.07, 6.45) is 0.756. The molecule has 1 fully saturated rings. The first-order valence-electron chi connectivity index (χ1n) is 4.18. The second-order valence-corrected chi connectivity index (χ2v) is 3.13. The minimum Gasteiger partial charge on any atom is -0.395 e. The third kappa shape index (κ3) is 2.18. The maximum Gasteiger partial charge on any atom is 0.0683 e. The summed E-state index contributed by atoms with van der Waals surface area (Å²) in [7, 11) is 0. The van der Waals surface area contributed by atoms with E-state index in [4.69, 9.17) is 10.4 Å². The molecule has 0 radical (unpaired) electrons. The predicted octanol–water partition coefficient (Wildman–Crippen LogP) is -0.672. The molecule has 2 N–H and O–H groups in total. The molecule has 0 bridgehead atoms. The Morgan fingerprint density at radius 3 is 2.92 bits per heavy atom. The maximum absolute atomic E-state index is 9.26. The molecule has 4 nitrogen and oxygen atoms in total. The zero-order valence-corrected chi connectivity index (χ0v) is 6.98. The summed E-state index contributed by atoms with van der Waals surface area (Å²) in [5, 5.41) is 26.5. The smallest absolute Gasteiger partial charge is 0.0683 e. The number of rotatable bonds is 3. The molecule has 0 amide bonds. The Labute approximate surface area is 72.0 Å². The van der Waals surface area contributed by atoms with Crippen molar-refractivity contribution < 1.29 is 10.2 Å². The van der Waals surface area contributed by atoms with E-state index in [0.29, 0.717) is 25.9 Å². The quantitative estimate of drug-likeness (QED) is 0.589. The molecule has 12 heavy (non-hydrogen) atoms. The molecule has 1 heterocycles. The third-order valence-corrected chi connectivity index (χ3v) is 2.23.